The van der Waals surface area contributed by atoms with Crippen LogP contribution in [-0.4, -0.2) is 59.2 Å². The standard InChI is InChI=1S/C30H36FN5O2/c1-21(2)19-36-20-25(27-24-7-4-5-8-26(24)33(3)28(27)30(36)38)29(37)32-13-6-14-34-15-17-35(18-16-34)23-11-9-22(31)10-12-23/h4-5,7-12,20-21H,6,13-19H2,1-3H3,(H,32,37). The molecule has 38 heavy (non-hydrogen) atoms. The Hall–Kier alpha value is -3.65. The molecule has 7 nitrogen and oxygen atoms in total. The van der Waals surface area contributed by atoms with Gasteiger partial charge in [0.25, 0.3) is 11.5 Å². The minimum Gasteiger partial charge on any atom is -0.369 e. The minimum atomic E-state index is -0.214. The van der Waals surface area contributed by atoms with Gasteiger partial charge in [-0.15, -0.1) is 0 Å². The molecule has 2 aromatic heterocycles. The van der Waals surface area contributed by atoms with E-state index in [1.54, 1.807) is 10.8 Å². The highest BCUT2D eigenvalue weighted by atomic mass is 19.1. The fourth-order valence-corrected chi connectivity index (χ4v) is 5.51. The second kappa shape index (κ2) is 11.0. The quantitative estimate of drug-likeness (QED) is 0.356. The average Bonchev–Trinajstić information content (AvgIpc) is 3.21. The highest BCUT2D eigenvalue weighted by Gasteiger charge is 2.22. The number of carbonyl (C=O) groups is 1. The van der Waals surface area contributed by atoms with Gasteiger partial charge >= 0.3 is 0 Å². The molecule has 1 amide bonds. The van der Waals surface area contributed by atoms with Gasteiger partial charge < -0.3 is 19.4 Å². The Labute approximate surface area is 222 Å². The van der Waals surface area contributed by atoms with Crippen LogP contribution in [0.1, 0.15) is 30.6 Å². The molecule has 1 N–H and O–H groups in total. The van der Waals surface area contributed by atoms with Crippen LogP contribution in [0.5, 0.6) is 0 Å². The van der Waals surface area contributed by atoms with Crippen LogP contribution in [0, 0.1) is 11.7 Å². The fraction of sp³-hybridized carbons (Fsp3) is 0.400. The van der Waals surface area contributed by atoms with Gasteiger partial charge in [0.05, 0.1) is 5.56 Å². The number of aromatic nitrogens is 2. The Morgan fingerprint density at radius 1 is 1.03 bits per heavy atom. The molecule has 8 heteroatoms. The molecule has 1 aliphatic rings. The van der Waals surface area contributed by atoms with Crippen molar-refractivity contribution >= 4 is 33.4 Å². The van der Waals surface area contributed by atoms with Crippen molar-refractivity contribution in [2.75, 3.05) is 44.2 Å². The zero-order valence-corrected chi connectivity index (χ0v) is 22.4. The number of piperazine rings is 1. The van der Waals surface area contributed by atoms with Crippen molar-refractivity contribution in [3.8, 4) is 0 Å². The van der Waals surface area contributed by atoms with Gasteiger partial charge in [-0.2, -0.15) is 0 Å². The van der Waals surface area contributed by atoms with Crippen molar-refractivity contribution in [1.82, 2.24) is 19.4 Å². The smallest absolute Gasteiger partial charge is 0.275 e. The van der Waals surface area contributed by atoms with E-state index in [4.69, 9.17) is 0 Å². The number of hydrogen-bond donors (Lipinski definition) is 1. The van der Waals surface area contributed by atoms with E-state index in [-0.39, 0.29) is 23.2 Å². The van der Waals surface area contributed by atoms with E-state index in [2.05, 4.69) is 29.0 Å². The van der Waals surface area contributed by atoms with E-state index in [0.29, 0.717) is 24.2 Å². The lowest BCUT2D eigenvalue weighted by molar-refractivity contribution is 0.0952. The first-order valence-electron chi connectivity index (χ1n) is 13.4. The molecule has 1 saturated heterocycles. The van der Waals surface area contributed by atoms with Crippen LogP contribution in [0.4, 0.5) is 10.1 Å². The molecular formula is C30H36FN5O2. The molecule has 0 radical (unpaired) electrons. The number of para-hydroxylation sites is 1. The van der Waals surface area contributed by atoms with E-state index < -0.39 is 0 Å². The number of benzene rings is 2. The zero-order valence-electron chi connectivity index (χ0n) is 22.4. The Balaban J connectivity index is 1.25. The minimum absolute atomic E-state index is 0.0660. The largest absolute Gasteiger partial charge is 0.369 e. The molecule has 4 aromatic rings. The summed E-state index contributed by atoms with van der Waals surface area (Å²) >= 11 is 0. The number of fused-ring (bicyclic) bond motifs is 3. The Kier molecular flexibility index (Phi) is 7.51. The lowest BCUT2D eigenvalue weighted by atomic mass is 10.1. The average molecular weight is 518 g/mol. The van der Waals surface area contributed by atoms with Gasteiger partial charge in [0.1, 0.15) is 11.3 Å². The summed E-state index contributed by atoms with van der Waals surface area (Å²) in [6.45, 7) is 9.81. The maximum atomic E-state index is 13.5. The van der Waals surface area contributed by atoms with Crippen LogP contribution in [0.15, 0.2) is 59.5 Å². The number of carbonyl (C=O) groups excluding carboxylic acids is 1. The molecule has 1 fully saturated rings. The van der Waals surface area contributed by atoms with Crippen molar-refractivity contribution < 1.29 is 9.18 Å². The van der Waals surface area contributed by atoms with E-state index in [1.807, 2.05) is 48.0 Å². The van der Waals surface area contributed by atoms with Gasteiger partial charge in [0.15, 0.2) is 0 Å². The molecule has 0 saturated carbocycles. The van der Waals surface area contributed by atoms with Gasteiger partial charge in [-0.1, -0.05) is 32.0 Å². The number of aryl methyl sites for hydroxylation is 1. The Morgan fingerprint density at radius 3 is 2.45 bits per heavy atom. The summed E-state index contributed by atoms with van der Waals surface area (Å²) in [5.41, 5.74) is 3.04. The van der Waals surface area contributed by atoms with Crippen molar-refractivity contribution in [1.29, 1.82) is 0 Å². The monoisotopic (exact) mass is 517 g/mol. The summed E-state index contributed by atoms with van der Waals surface area (Å²) in [6.07, 6.45) is 2.58. The molecule has 1 aliphatic heterocycles. The molecule has 200 valence electrons. The maximum absolute atomic E-state index is 13.5. The van der Waals surface area contributed by atoms with Gasteiger partial charge in [-0.05, 0) is 49.2 Å². The second-order valence-corrected chi connectivity index (χ2v) is 10.6. The predicted molar refractivity (Wildman–Crippen MR) is 152 cm³/mol. The molecule has 0 spiro atoms. The van der Waals surface area contributed by atoms with E-state index >= 15 is 0 Å². The van der Waals surface area contributed by atoms with Gasteiger partial charge in [0, 0.05) is 74.5 Å². The van der Waals surface area contributed by atoms with E-state index in [1.165, 1.54) is 12.1 Å². The Bertz CT molecular complexity index is 1500. The van der Waals surface area contributed by atoms with Gasteiger partial charge in [-0.25, -0.2) is 4.39 Å². The molecule has 3 heterocycles. The van der Waals surface area contributed by atoms with Crippen molar-refractivity contribution in [2.45, 2.75) is 26.8 Å². The molecule has 2 aromatic carbocycles. The third-order valence-corrected chi connectivity index (χ3v) is 7.43. The van der Waals surface area contributed by atoms with Crippen LogP contribution in [-0.2, 0) is 13.6 Å². The summed E-state index contributed by atoms with van der Waals surface area (Å²) in [6, 6.07) is 14.5. The number of rotatable bonds is 8. The first-order valence-corrected chi connectivity index (χ1v) is 13.4. The first kappa shape index (κ1) is 26.0. The number of pyridine rings is 1. The summed E-state index contributed by atoms with van der Waals surface area (Å²) in [4.78, 5) is 31.5. The second-order valence-electron chi connectivity index (χ2n) is 10.6. The summed E-state index contributed by atoms with van der Waals surface area (Å²) < 4.78 is 16.8. The molecule has 0 atom stereocenters. The topological polar surface area (TPSA) is 62.5 Å². The van der Waals surface area contributed by atoms with Crippen molar-refractivity contribution in [3.05, 3.63) is 76.5 Å². The molecule has 5 rings (SSSR count). The summed E-state index contributed by atoms with van der Waals surface area (Å²) in [7, 11) is 1.89. The number of nitrogens with zero attached hydrogens (tertiary/aromatic N) is 4. The van der Waals surface area contributed by atoms with E-state index in [9.17, 15) is 14.0 Å². The molecule has 0 unspecified atom stereocenters. The molecular weight excluding hydrogens is 481 g/mol. The lowest BCUT2D eigenvalue weighted by Crippen LogP contribution is -2.47. The van der Waals surface area contributed by atoms with Crippen LogP contribution < -0.4 is 15.8 Å². The number of amides is 1. The maximum Gasteiger partial charge on any atom is 0.275 e. The SMILES string of the molecule is CC(C)Cn1cc(C(=O)NCCCN2CCN(c3ccc(F)cc3)CC2)c2c3ccccc3n(C)c2c1=O. The number of nitrogens with one attached hydrogen (secondary N) is 1. The fourth-order valence-electron chi connectivity index (χ4n) is 5.51. The zero-order chi connectivity index (χ0) is 26.8. The third-order valence-electron chi connectivity index (χ3n) is 7.43. The highest BCUT2D eigenvalue weighted by molar-refractivity contribution is 6.17. The van der Waals surface area contributed by atoms with Gasteiger partial charge in [0.2, 0.25) is 0 Å². The number of hydrogen-bond acceptors (Lipinski definition) is 4. The predicted octanol–water partition coefficient (Wildman–Crippen LogP) is 4.23. The van der Waals surface area contributed by atoms with Gasteiger partial charge in [-0.3, -0.25) is 14.5 Å². The molecule has 0 bridgehead atoms. The molecule has 0 aliphatic carbocycles. The van der Waals surface area contributed by atoms with Crippen LogP contribution >= 0.6 is 0 Å². The lowest BCUT2D eigenvalue weighted by Gasteiger charge is -2.36. The number of halogens is 1. The summed E-state index contributed by atoms with van der Waals surface area (Å²) in [5, 5.41) is 4.75. The first-order chi connectivity index (χ1) is 18.3. The van der Waals surface area contributed by atoms with Crippen LogP contribution in [0.3, 0.4) is 0 Å². The van der Waals surface area contributed by atoms with E-state index in [0.717, 1.165) is 61.1 Å². The van der Waals surface area contributed by atoms with Crippen molar-refractivity contribution in [3.63, 3.8) is 0 Å². The van der Waals surface area contributed by atoms with Crippen LogP contribution in [0.25, 0.3) is 21.8 Å². The highest BCUT2D eigenvalue weighted by Crippen LogP contribution is 2.29. The van der Waals surface area contributed by atoms with Crippen LogP contribution in [0.2, 0.25) is 0 Å². The number of anilines is 1. The third kappa shape index (κ3) is 5.18. The van der Waals surface area contributed by atoms with Crippen molar-refractivity contribution in [2.24, 2.45) is 13.0 Å². The summed E-state index contributed by atoms with van der Waals surface area (Å²) in [5.74, 6) is -0.0846. The normalized spacial score (nSPS) is 14.6. The Morgan fingerprint density at radius 2 is 1.74 bits per heavy atom.